The number of hydrogen-bond donors (Lipinski definition) is 2. The number of para-hydroxylation sites is 2. The van der Waals surface area contributed by atoms with Crippen LogP contribution >= 0.6 is 0 Å². The van der Waals surface area contributed by atoms with Gasteiger partial charge in [-0.2, -0.15) is 0 Å². The second-order valence-electron chi connectivity index (χ2n) is 5.82. The van der Waals surface area contributed by atoms with Gasteiger partial charge in [0.2, 0.25) is 17.7 Å². The Hall–Kier alpha value is -3.35. The van der Waals surface area contributed by atoms with Crippen molar-refractivity contribution in [3.8, 4) is 5.75 Å². The quantitative estimate of drug-likeness (QED) is 0.864. The van der Waals surface area contributed by atoms with Crippen molar-refractivity contribution in [2.75, 3.05) is 29.2 Å². The van der Waals surface area contributed by atoms with E-state index in [1.165, 1.54) is 4.90 Å². The van der Waals surface area contributed by atoms with E-state index in [2.05, 4.69) is 10.6 Å². The fourth-order valence-corrected chi connectivity index (χ4v) is 2.71. The molecule has 7 heteroatoms. The molecule has 0 aromatic heterocycles. The van der Waals surface area contributed by atoms with Crippen LogP contribution < -0.4 is 20.3 Å². The van der Waals surface area contributed by atoms with Crippen molar-refractivity contribution >= 4 is 34.8 Å². The lowest BCUT2D eigenvalue weighted by Gasteiger charge is -2.29. The number of carbonyl (C=O) groups excluding carboxylic acids is 3. The number of rotatable bonds is 5. The molecule has 3 amide bonds. The molecule has 0 saturated heterocycles. The largest absolute Gasteiger partial charge is 0.497 e. The molecule has 26 heavy (non-hydrogen) atoms. The maximum Gasteiger partial charge on any atom is 0.244 e. The highest BCUT2D eigenvalue weighted by molar-refractivity contribution is 6.10. The van der Waals surface area contributed by atoms with E-state index >= 15 is 0 Å². The minimum atomic E-state index is -0.266. The van der Waals surface area contributed by atoms with Gasteiger partial charge in [-0.15, -0.1) is 0 Å². The molecule has 7 nitrogen and oxygen atoms in total. The topological polar surface area (TPSA) is 87.7 Å². The van der Waals surface area contributed by atoms with Crippen molar-refractivity contribution in [1.82, 2.24) is 0 Å². The Bertz CT molecular complexity index is 833. The lowest BCUT2D eigenvalue weighted by atomic mass is 10.1. The molecular formula is C19H19N3O4. The van der Waals surface area contributed by atoms with Crippen LogP contribution in [0.3, 0.4) is 0 Å². The molecule has 0 unspecified atom stereocenters. The van der Waals surface area contributed by atoms with Crippen molar-refractivity contribution in [2.45, 2.75) is 12.8 Å². The number of benzene rings is 2. The van der Waals surface area contributed by atoms with E-state index in [1.54, 1.807) is 55.6 Å². The normalized spacial score (nSPS) is 12.8. The number of fused-ring (bicyclic) bond motifs is 1. The predicted octanol–water partition coefficient (Wildman–Crippen LogP) is 2.40. The third-order valence-electron chi connectivity index (χ3n) is 4.01. The summed E-state index contributed by atoms with van der Waals surface area (Å²) in [5, 5.41) is 5.46. The SMILES string of the molecule is COc1ccc(NC(=O)CCC(=O)N2CC(=O)Nc3ccccc32)cc1. The zero-order valence-corrected chi connectivity index (χ0v) is 14.3. The van der Waals surface area contributed by atoms with Crippen molar-refractivity contribution < 1.29 is 19.1 Å². The second-order valence-corrected chi connectivity index (χ2v) is 5.82. The molecule has 0 aliphatic carbocycles. The van der Waals surface area contributed by atoms with Gasteiger partial charge in [-0.3, -0.25) is 14.4 Å². The molecule has 2 N–H and O–H groups in total. The van der Waals surface area contributed by atoms with Crippen LogP contribution in [-0.4, -0.2) is 31.4 Å². The van der Waals surface area contributed by atoms with Gasteiger partial charge < -0.3 is 20.3 Å². The first-order valence-corrected chi connectivity index (χ1v) is 8.20. The lowest BCUT2D eigenvalue weighted by molar-refractivity contribution is -0.124. The maximum atomic E-state index is 12.5. The molecule has 134 valence electrons. The standard InChI is InChI=1S/C19H19N3O4/c1-26-14-8-6-13(7-9-14)20-17(23)10-11-19(25)22-12-18(24)21-15-4-2-3-5-16(15)22/h2-9H,10-12H2,1H3,(H,20,23)(H,21,24). The Morgan fingerprint density at radius 1 is 1.12 bits per heavy atom. The number of ether oxygens (including phenoxy) is 1. The summed E-state index contributed by atoms with van der Waals surface area (Å²) >= 11 is 0. The predicted molar refractivity (Wildman–Crippen MR) is 98.3 cm³/mol. The molecule has 0 spiro atoms. The van der Waals surface area contributed by atoms with Crippen molar-refractivity contribution in [3.63, 3.8) is 0 Å². The van der Waals surface area contributed by atoms with Crippen LogP contribution in [0.1, 0.15) is 12.8 Å². The van der Waals surface area contributed by atoms with Crippen LogP contribution in [0.15, 0.2) is 48.5 Å². The number of amides is 3. The third kappa shape index (κ3) is 4.00. The van der Waals surface area contributed by atoms with Crippen molar-refractivity contribution in [1.29, 1.82) is 0 Å². The van der Waals surface area contributed by atoms with Gasteiger partial charge in [0.25, 0.3) is 0 Å². The summed E-state index contributed by atoms with van der Waals surface area (Å²) in [5.41, 5.74) is 1.87. The Balaban J connectivity index is 1.58. The molecule has 0 radical (unpaired) electrons. The summed E-state index contributed by atoms with van der Waals surface area (Å²) in [6, 6.07) is 14.0. The average molecular weight is 353 g/mol. The van der Waals surface area contributed by atoms with E-state index in [0.29, 0.717) is 22.8 Å². The van der Waals surface area contributed by atoms with Gasteiger partial charge >= 0.3 is 0 Å². The zero-order valence-electron chi connectivity index (χ0n) is 14.3. The van der Waals surface area contributed by atoms with Gasteiger partial charge in [0.15, 0.2) is 0 Å². The minimum absolute atomic E-state index is 0.0175. The van der Waals surface area contributed by atoms with Gasteiger partial charge in [0.05, 0.1) is 18.5 Å². The lowest BCUT2D eigenvalue weighted by Crippen LogP contribution is -2.42. The summed E-state index contributed by atoms with van der Waals surface area (Å²) < 4.78 is 5.06. The molecule has 3 rings (SSSR count). The number of nitrogens with one attached hydrogen (secondary N) is 2. The van der Waals surface area contributed by atoms with E-state index in [9.17, 15) is 14.4 Å². The van der Waals surface area contributed by atoms with Crippen LogP contribution in [-0.2, 0) is 14.4 Å². The molecule has 1 aliphatic heterocycles. The Kier molecular flexibility index (Phi) is 5.17. The smallest absolute Gasteiger partial charge is 0.244 e. The van der Waals surface area contributed by atoms with E-state index in [4.69, 9.17) is 4.74 Å². The van der Waals surface area contributed by atoms with E-state index in [0.717, 1.165) is 0 Å². The Morgan fingerprint density at radius 3 is 2.58 bits per heavy atom. The fourth-order valence-electron chi connectivity index (χ4n) is 2.71. The number of carbonyl (C=O) groups is 3. The first-order valence-electron chi connectivity index (χ1n) is 8.20. The first-order chi connectivity index (χ1) is 12.6. The van der Waals surface area contributed by atoms with Crippen LogP contribution in [0.4, 0.5) is 17.1 Å². The number of hydrogen-bond acceptors (Lipinski definition) is 4. The van der Waals surface area contributed by atoms with Crippen LogP contribution in [0.25, 0.3) is 0 Å². The highest BCUT2D eigenvalue weighted by Crippen LogP contribution is 2.29. The molecule has 1 heterocycles. The summed E-state index contributed by atoms with van der Waals surface area (Å²) in [7, 11) is 1.57. The number of nitrogens with zero attached hydrogens (tertiary/aromatic N) is 1. The van der Waals surface area contributed by atoms with E-state index in [-0.39, 0.29) is 37.1 Å². The van der Waals surface area contributed by atoms with Crippen molar-refractivity contribution in [3.05, 3.63) is 48.5 Å². The summed E-state index contributed by atoms with van der Waals surface area (Å²) in [6.07, 6.45) is 0.0503. The minimum Gasteiger partial charge on any atom is -0.497 e. The van der Waals surface area contributed by atoms with Gasteiger partial charge in [0.1, 0.15) is 12.3 Å². The van der Waals surface area contributed by atoms with Gasteiger partial charge in [-0.25, -0.2) is 0 Å². The van der Waals surface area contributed by atoms with Crippen LogP contribution in [0.5, 0.6) is 5.75 Å². The molecule has 0 atom stereocenters. The van der Waals surface area contributed by atoms with Gasteiger partial charge in [0, 0.05) is 18.5 Å². The Labute approximate surface area is 150 Å². The highest BCUT2D eigenvalue weighted by Gasteiger charge is 2.26. The van der Waals surface area contributed by atoms with Gasteiger partial charge in [-0.1, -0.05) is 12.1 Å². The number of methoxy groups -OCH3 is 1. The summed E-state index contributed by atoms with van der Waals surface area (Å²) in [6.45, 7) is -0.0457. The van der Waals surface area contributed by atoms with Crippen LogP contribution in [0, 0.1) is 0 Å². The van der Waals surface area contributed by atoms with Crippen molar-refractivity contribution in [2.24, 2.45) is 0 Å². The maximum absolute atomic E-state index is 12.5. The van der Waals surface area contributed by atoms with Gasteiger partial charge in [-0.05, 0) is 36.4 Å². The number of anilines is 3. The summed E-state index contributed by atoms with van der Waals surface area (Å²) in [5.74, 6) is -0.0876. The monoisotopic (exact) mass is 353 g/mol. The third-order valence-corrected chi connectivity index (χ3v) is 4.01. The molecule has 2 aromatic carbocycles. The zero-order chi connectivity index (χ0) is 18.5. The van der Waals surface area contributed by atoms with E-state index in [1.807, 2.05) is 0 Å². The molecule has 1 aliphatic rings. The molecular weight excluding hydrogens is 334 g/mol. The molecule has 0 saturated carbocycles. The molecule has 2 aromatic rings. The summed E-state index contributed by atoms with van der Waals surface area (Å²) in [4.78, 5) is 37.8. The average Bonchev–Trinajstić information content (AvgIpc) is 2.66. The highest BCUT2D eigenvalue weighted by atomic mass is 16.5. The Morgan fingerprint density at radius 2 is 1.85 bits per heavy atom. The first kappa shape index (κ1) is 17.5. The fraction of sp³-hybridized carbons (Fsp3) is 0.211. The molecule has 0 fully saturated rings. The van der Waals surface area contributed by atoms with Crippen LogP contribution in [0.2, 0.25) is 0 Å². The molecule has 0 bridgehead atoms. The second kappa shape index (κ2) is 7.69. The van der Waals surface area contributed by atoms with E-state index < -0.39 is 0 Å².